The zero-order valence-electron chi connectivity index (χ0n) is 13.1. The van der Waals surface area contributed by atoms with Crippen molar-refractivity contribution in [3.05, 3.63) is 59.7 Å². The van der Waals surface area contributed by atoms with Gasteiger partial charge in [-0.2, -0.15) is 0 Å². The van der Waals surface area contributed by atoms with Crippen LogP contribution in [0.15, 0.2) is 42.6 Å². The molecule has 0 spiro atoms. The van der Waals surface area contributed by atoms with E-state index in [0.717, 1.165) is 22.5 Å². The van der Waals surface area contributed by atoms with E-state index < -0.39 is 5.97 Å². The first-order valence-corrected chi connectivity index (χ1v) is 7.14. The van der Waals surface area contributed by atoms with Crippen molar-refractivity contribution in [2.75, 3.05) is 7.11 Å². The Labute approximate surface area is 133 Å². The highest BCUT2D eigenvalue weighted by Gasteiger charge is 2.19. The molecule has 6 nitrogen and oxygen atoms in total. The van der Waals surface area contributed by atoms with Crippen molar-refractivity contribution >= 4 is 5.97 Å². The molecule has 2 heterocycles. The smallest absolute Gasteiger partial charge is 0.377 e. The van der Waals surface area contributed by atoms with Gasteiger partial charge in [-0.3, -0.25) is 4.98 Å². The number of hydrogen-bond donors (Lipinski definition) is 0. The van der Waals surface area contributed by atoms with Crippen molar-refractivity contribution in [1.29, 1.82) is 0 Å². The summed E-state index contributed by atoms with van der Waals surface area (Å²) in [7, 11) is 1.31. The Kier molecular flexibility index (Phi) is 3.89. The number of carbonyl (C=O) groups is 1. The van der Waals surface area contributed by atoms with Crippen molar-refractivity contribution in [2.24, 2.45) is 0 Å². The van der Waals surface area contributed by atoms with E-state index in [1.54, 1.807) is 10.9 Å². The molecule has 1 aromatic carbocycles. The molecular weight excluding hydrogens is 292 g/mol. The molecule has 0 radical (unpaired) electrons. The molecule has 0 amide bonds. The third kappa shape index (κ3) is 2.96. The summed E-state index contributed by atoms with van der Waals surface area (Å²) in [6.45, 7) is 3.92. The summed E-state index contributed by atoms with van der Waals surface area (Å²) in [5.41, 5.74) is 3.64. The van der Waals surface area contributed by atoms with Crippen LogP contribution in [0.3, 0.4) is 0 Å². The van der Waals surface area contributed by atoms with Crippen LogP contribution in [0.5, 0.6) is 0 Å². The van der Waals surface area contributed by atoms with Crippen LogP contribution in [0.2, 0.25) is 0 Å². The molecule has 0 unspecified atom stereocenters. The summed E-state index contributed by atoms with van der Waals surface area (Å²) in [4.78, 5) is 20.4. The summed E-state index contributed by atoms with van der Waals surface area (Å²) in [5, 5.41) is 4.28. The minimum absolute atomic E-state index is 0.0173. The summed E-state index contributed by atoms with van der Waals surface area (Å²) >= 11 is 0. The van der Waals surface area contributed by atoms with E-state index in [0.29, 0.717) is 5.82 Å². The van der Waals surface area contributed by atoms with Crippen molar-refractivity contribution in [3.63, 3.8) is 0 Å². The second-order valence-corrected chi connectivity index (χ2v) is 5.19. The molecule has 2 aromatic heterocycles. The van der Waals surface area contributed by atoms with Crippen LogP contribution in [0, 0.1) is 13.8 Å². The first kappa shape index (κ1) is 14.9. The molecule has 0 aliphatic rings. The molecule has 0 saturated carbocycles. The van der Waals surface area contributed by atoms with Gasteiger partial charge in [-0.15, -0.1) is 5.10 Å². The molecule has 0 aliphatic carbocycles. The van der Waals surface area contributed by atoms with Gasteiger partial charge in [0.25, 0.3) is 5.82 Å². The maximum Gasteiger partial charge on any atom is 0.377 e. The third-order valence-corrected chi connectivity index (χ3v) is 3.42. The zero-order valence-corrected chi connectivity index (χ0v) is 13.1. The Hall–Kier alpha value is -3.02. The van der Waals surface area contributed by atoms with Crippen molar-refractivity contribution in [3.8, 4) is 17.1 Å². The Balaban J connectivity index is 2.16. The Morgan fingerprint density at radius 2 is 1.83 bits per heavy atom. The van der Waals surface area contributed by atoms with Crippen molar-refractivity contribution < 1.29 is 9.53 Å². The molecule has 0 N–H and O–H groups in total. The van der Waals surface area contributed by atoms with Gasteiger partial charge in [0.1, 0.15) is 0 Å². The number of hydrogen-bond acceptors (Lipinski definition) is 5. The second kappa shape index (κ2) is 6.00. The zero-order chi connectivity index (χ0) is 16.4. The Morgan fingerprint density at radius 3 is 2.43 bits per heavy atom. The highest BCUT2D eigenvalue weighted by Crippen LogP contribution is 2.21. The number of esters is 1. The highest BCUT2D eigenvalue weighted by atomic mass is 16.5. The van der Waals surface area contributed by atoms with E-state index >= 15 is 0 Å². The summed E-state index contributed by atoms with van der Waals surface area (Å²) < 4.78 is 6.34. The van der Waals surface area contributed by atoms with Gasteiger partial charge in [-0.1, -0.05) is 17.7 Å². The summed E-state index contributed by atoms with van der Waals surface area (Å²) in [6, 6.07) is 11.6. The first-order valence-electron chi connectivity index (χ1n) is 7.14. The molecule has 0 aliphatic heterocycles. The van der Waals surface area contributed by atoms with Gasteiger partial charge < -0.3 is 4.74 Å². The Bertz CT molecular complexity index is 773. The number of benzene rings is 1. The van der Waals surface area contributed by atoms with Gasteiger partial charge in [0.15, 0.2) is 5.82 Å². The van der Waals surface area contributed by atoms with E-state index in [9.17, 15) is 4.79 Å². The van der Waals surface area contributed by atoms with E-state index in [1.165, 1.54) is 7.11 Å². The first-order chi connectivity index (χ1) is 11.1. The molecule has 0 saturated heterocycles. The quantitative estimate of drug-likeness (QED) is 0.696. The van der Waals surface area contributed by atoms with E-state index in [-0.39, 0.29) is 5.82 Å². The van der Waals surface area contributed by atoms with E-state index in [4.69, 9.17) is 4.74 Å². The number of methoxy groups -OCH3 is 1. The number of aryl methyl sites for hydroxylation is 2. The van der Waals surface area contributed by atoms with E-state index in [2.05, 4.69) is 15.1 Å². The maximum atomic E-state index is 11.8. The average molecular weight is 308 g/mol. The Morgan fingerprint density at radius 1 is 1.09 bits per heavy atom. The minimum atomic E-state index is -0.572. The standard InChI is InChI=1S/C17H16N4O2/c1-11-4-8-14(9-5-11)21-16(13-7-6-12(2)18-10-13)19-15(20-21)17(22)23-3/h4-10H,1-3H3. The lowest BCUT2D eigenvalue weighted by Crippen LogP contribution is -2.05. The molecule has 0 bridgehead atoms. The van der Waals surface area contributed by atoms with Gasteiger partial charge >= 0.3 is 5.97 Å². The van der Waals surface area contributed by atoms with Crippen LogP contribution in [0.4, 0.5) is 0 Å². The number of pyridine rings is 1. The van der Waals surface area contributed by atoms with Crippen LogP contribution in [0.1, 0.15) is 21.9 Å². The molecule has 3 aromatic rings. The van der Waals surface area contributed by atoms with Gasteiger partial charge in [0, 0.05) is 17.5 Å². The second-order valence-electron chi connectivity index (χ2n) is 5.19. The number of carbonyl (C=O) groups excluding carboxylic acids is 1. The summed E-state index contributed by atoms with van der Waals surface area (Å²) in [6.07, 6.45) is 1.71. The largest absolute Gasteiger partial charge is 0.463 e. The van der Waals surface area contributed by atoms with Crippen molar-refractivity contribution in [1.82, 2.24) is 19.7 Å². The van der Waals surface area contributed by atoms with Crippen LogP contribution < -0.4 is 0 Å². The molecule has 116 valence electrons. The van der Waals surface area contributed by atoms with Crippen molar-refractivity contribution in [2.45, 2.75) is 13.8 Å². The monoisotopic (exact) mass is 308 g/mol. The average Bonchev–Trinajstić information content (AvgIpc) is 3.01. The van der Waals surface area contributed by atoms with Gasteiger partial charge in [0.2, 0.25) is 0 Å². The number of aromatic nitrogens is 4. The highest BCUT2D eigenvalue weighted by molar-refractivity contribution is 5.85. The van der Waals surface area contributed by atoms with Gasteiger partial charge in [-0.25, -0.2) is 14.5 Å². The molecule has 0 atom stereocenters. The molecule has 0 fully saturated rings. The topological polar surface area (TPSA) is 69.9 Å². The lowest BCUT2D eigenvalue weighted by molar-refractivity contribution is 0.0587. The van der Waals surface area contributed by atoms with Crippen LogP contribution >= 0.6 is 0 Å². The van der Waals surface area contributed by atoms with Crippen LogP contribution in [-0.4, -0.2) is 32.8 Å². The molecular formula is C17H16N4O2. The lowest BCUT2D eigenvalue weighted by atomic mass is 10.2. The van der Waals surface area contributed by atoms with Crippen LogP contribution in [-0.2, 0) is 4.74 Å². The predicted octanol–water partition coefficient (Wildman–Crippen LogP) is 2.73. The fourth-order valence-corrected chi connectivity index (χ4v) is 2.14. The fourth-order valence-electron chi connectivity index (χ4n) is 2.14. The van der Waals surface area contributed by atoms with Gasteiger partial charge in [0.05, 0.1) is 12.8 Å². The predicted molar refractivity (Wildman–Crippen MR) is 85.4 cm³/mol. The normalized spacial score (nSPS) is 10.6. The number of rotatable bonds is 3. The molecule has 3 rings (SSSR count). The van der Waals surface area contributed by atoms with Gasteiger partial charge in [-0.05, 0) is 38.1 Å². The molecule has 6 heteroatoms. The third-order valence-electron chi connectivity index (χ3n) is 3.42. The van der Waals surface area contributed by atoms with E-state index in [1.807, 2.05) is 50.2 Å². The number of ether oxygens (including phenoxy) is 1. The van der Waals surface area contributed by atoms with Crippen LogP contribution in [0.25, 0.3) is 17.1 Å². The molecule has 23 heavy (non-hydrogen) atoms. The summed E-state index contributed by atoms with van der Waals surface area (Å²) in [5.74, 6) is -0.0115. The SMILES string of the molecule is COC(=O)c1nc(-c2ccc(C)nc2)n(-c2ccc(C)cc2)n1. The minimum Gasteiger partial charge on any atom is -0.463 e. The lowest BCUT2D eigenvalue weighted by Gasteiger charge is -2.06. The fraction of sp³-hybridized carbons (Fsp3) is 0.176. The maximum absolute atomic E-state index is 11.8. The number of nitrogens with zero attached hydrogens (tertiary/aromatic N) is 4.